The van der Waals surface area contributed by atoms with E-state index in [1.807, 2.05) is 0 Å². The molecule has 0 saturated carbocycles. The van der Waals surface area contributed by atoms with E-state index in [0.717, 1.165) is 0 Å². The molecule has 0 saturated heterocycles. The van der Waals surface area contributed by atoms with Crippen molar-refractivity contribution in [3.8, 4) is 35.2 Å². The summed E-state index contributed by atoms with van der Waals surface area (Å²) in [5, 5.41) is 20.4. The lowest BCUT2D eigenvalue weighted by atomic mass is 9.69. The highest BCUT2D eigenvalue weighted by molar-refractivity contribution is 5.69. The molecule has 0 unspecified atom stereocenters. The number of phenolic OH excluding ortho intramolecular Hbond substituents is 2. The van der Waals surface area contributed by atoms with Crippen molar-refractivity contribution in [1.29, 1.82) is 0 Å². The van der Waals surface area contributed by atoms with Gasteiger partial charge in [-0.2, -0.15) is 26.3 Å². The second-order valence-electron chi connectivity index (χ2n) is 8.89. The summed E-state index contributed by atoms with van der Waals surface area (Å²) >= 11 is 0. The average Bonchev–Trinajstić information content (AvgIpc) is 2.90. The van der Waals surface area contributed by atoms with Crippen LogP contribution in [0.1, 0.15) is 33.4 Å². The molecule has 0 aromatic heterocycles. The van der Waals surface area contributed by atoms with Gasteiger partial charge in [0.05, 0.1) is 11.4 Å². The highest BCUT2D eigenvalue weighted by Crippen LogP contribution is 2.59. The molecular weight excluding hydrogens is 546 g/mol. The summed E-state index contributed by atoms with van der Waals surface area (Å²) in [5.74, 6) is 8.20. The number of hydrogen-bond acceptors (Lipinski definition) is 4. The van der Waals surface area contributed by atoms with E-state index in [4.69, 9.17) is 11.5 Å². The van der Waals surface area contributed by atoms with Gasteiger partial charge in [0.15, 0.2) is 0 Å². The number of halogens is 6. The number of nitrogens with two attached hydrogens (primary N) is 2. The molecule has 0 aliphatic carbocycles. The molecule has 4 nitrogen and oxygen atoms in total. The zero-order chi connectivity index (χ0) is 30.0. The van der Waals surface area contributed by atoms with E-state index in [-0.39, 0.29) is 0 Å². The lowest BCUT2D eigenvalue weighted by Crippen LogP contribution is -2.55. The number of benzene rings is 4. The number of nitrogen functional groups attached to an aromatic ring is 2. The largest absolute Gasteiger partial charge is 0.506 e. The molecule has 41 heavy (non-hydrogen) atoms. The Kier molecular flexibility index (Phi) is 7.54. The molecule has 0 aliphatic rings. The molecule has 0 amide bonds. The lowest BCUT2D eigenvalue weighted by molar-refractivity contribution is -0.288. The summed E-state index contributed by atoms with van der Waals surface area (Å²) in [6.45, 7) is 0. The fourth-order valence-corrected chi connectivity index (χ4v) is 4.28. The zero-order valence-electron chi connectivity index (χ0n) is 20.9. The van der Waals surface area contributed by atoms with Gasteiger partial charge in [-0.15, -0.1) is 0 Å². The topological polar surface area (TPSA) is 92.5 Å². The first kappa shape index (κ1) is 28.8. The molecule has 0 atom stereocenters. The maximum atomic E-state index is 15.2. The molecule has 0 fully saturated rings. The first-order chi connectivity index (χ1) is 19.3. The van der Waals surface area contributed by atoms with Crippen LogP contribution in [-0.4, -0.2) is 22.6 Å². The van der Waals surface area contributed by atoms with Crippen LogP contribution in [0.3, 0.4) is 0 Å². The van der Waals surface area contributed by atoms with E-state index in [1.165, 1.54) is 24.3 Å². The van der Waals surface area contributed by atoms with E-state index in [1.54, 1.807) is 36.4 Å². The fourth-order valence-electron chi connectivity index (χ4n) is 4.28. The van der Waals surface area contributed by atoms with Gasteiger partial charge < -0.3 is 21.7 Å². The molecular formula is C31H20F6N2O2. The molecule has 0 spiro atoms. The van der Waals surface area contributed by atoms with Crippen molar-refractivity contribution in [2.24, 2.45) is 0 Å². The van der Waals surface area contributed by atoms with Gasteiger partial charge in [-0.25, -0.2) is 0 Å². The average molecular weight is 567 g/mol. The maximum absolute atomic E-state index is 15.2. The van der Waals surface area contributed by atoms with Crippen molar-refractivity contribution in [3.05, 3.63) is 118 Å². The lowest BCUT2D eigenvalue weighted by Gasteiger charge is -2.39. The number of aromatic hydroxyl groups is 2. The predicted octanol–water partition coefficient (Wildman–Crippen LogP) is 6.47. The molecule has 4 aromatic carbocycles. The van der Waals surface area contributed by atoms with Crippen LogP contribution in [0, 0.1) is 23.7 Å². The molecule has 0 radical (unpaired) electrons. The quantitative estimate of drug-likeness (QED) is 0.0969. The van der Waals surface area contributed by atoms with E-state index >= 15 is 26.3 Å². The van der Waals surface area contributed by atoms with Crippen molar-refractivity contribution in [3.63, 3.8) is 0 Å². The molecule has 0 aliphatic heterocycles. The van der Waals surface area contributed by atoms with Crippen molar-refractivity contribution in [2.45, 2.75) is 17.8 Å². The molecule has 4 aromatic rings. The van der Waals surface area contributed by atoms with Gasteiger partial charge >= 0.3 is 12.4 Å². The summed E-state index contributed by atoms with van der Waals surface area (Å²) in [6, 6.07) is 17.7. The third-order valence-electron chi connectivity index (χ3n) is 6.22. The first-order valence-corrected chi connectivity index (χ1v) is 11.8. The van der Waals surface area contributed by atoms with E-state index in [9.17, 15) is 10.2 Å². The Balaban J connectivity index is 2.16. The molecule has 208 valence electrons. The van der Waals surface area contributed by atoms with Gasteiger partial charge in [-0.05, 0) is 59.7 Å². The summed E-state index contributed by atoms with van der Waals surface area (Å²) in [4.78, 5) is 0. The zero-order valence-corrected chi connectivity index (χ0v) is 20.9. The van der Waals surface area contributed by atoms with Crippen LogP contribution in [0.2, 0.25) is 0 Å². The Hall–Kier alpha value is -5.22. The van der Waals surface area contributed by atoms with Crippen LogP contribution >= 0.6 is 0 Å². The van der Waals surface area contributed by atoms with Crippen LogP contribution in [0.15, 0.2) is 84.9 Å². The molecule has 10 heteroatoms. The SMILES string of the molecule is Nc1cc(C(c2cc(N)c(O)cc2C#Cc2ccccc2)(C(F)(F)F)C(F)(F)F)c(C#Cc2ccccc2)cc1O. The maximum Gasteiger partial charge on any atom is 0.411 e. The number of alkyl halides is 6. The first-order valence-electron chi connectivity index (χ1n) is 11.8. The molecule has 0 heterocycles. The minimum atomic E-state index is -6.07. The fraction of sp³-hybridized carbons (Fsp3) is 0.0968. The normalized spacial score (nSPS) is 11.7. The highest BCUT2D eigenvalue weighted by atomic mass is 19.4. The summed E-state index contributed by atoms with van der Waals surface area (Å²) in [7, 11) is 0. The standard InChI is InChI=1S/C31H20F6N2O2/c32-30(33,34)29(31(35,36)37,23-17-25(38)27(40)15-21(23)13-11-19-7-3-1-4-8-19)24-18-26(39)28(41)16-22(24)14-12-20-9-5-2-6-10-20/h1-10,15-18,40-41H,38-39H2. The monoisotopic (exact) mass is 566 g/mol. The van der Waals surface area contributed by atoms with Crippen LogP contribution in [0.25, 0.3) is 0 Å². The van der Waals surface area contributed by atoms with Crippen LogP contribution < -0.4 is 11.5 Å². The van der Waals surface area contributed by atoms with E-state index in [2.05, 4.69) is 23.7 Å². The Bertz CT molecular complexity index is 1580. The minimum Gasteiger partial charge on any atom is -0.506 e. The second kappa shape index (κ2) is 10.7. The van der Waals surface area contributed by atoms with Gasteiger partial charge in [0.1, 0.15) is 11.5 Å². The molecule has 0 bridgehead atoms. The third kappa shape index (κ3) is 5.45. The van der Waals surface area contributed by atoms with E-state index < -0.39 is 62.9 Å². The summed E-state index contributed by atoms with van der Waals surface area (Å²) in [6.07, 6.45) is -12.1. The molecule has 6 N–H and O–H groups in total. The predicted molar refractivity (Wildman–Crippen MR) is 143 cm³/mol. The van der Waals surface area contributed by atoms with Gasteiger partial charge in [0.25, 0.3) is 0 Å². The minimum absolute atomic E-state index is 0.294. The van der Waals surface area contributed by atoms with Crippen molar-refractivity contribution >= 4 is 11.4 Å². The van der Waals surface area contributed by atoms with Crippen molar-refractivity contribution in [2.75, 3.05) is 11.5 Å². The summed E-state index contributed by atoms with van der Waals surface area (Å²) in [5.41, 5.74) is 1.26. The smallest absolute Gasteiger partial charge is 0.411 e. The van der Waals surface area contributed by atoms with Crippen LogP contribution in [0.5, 0.6) is 11.5 Å². The van der Waals surface area contributed by atoms with Crippen molar-refractivity contribution < 1.29 is 36.6 Å². The van der Waals surface area contributed by atoms with Gasteiger partial charge in [0, 0.05) is 22.3 Å². The Labute approximate surface area is 230 Å². The second-order valence-corrected chi connectivity index (χ2v) is 8.89. The van der Waals surface area contributed by atoms with Crippen molar-refractivity contribution in [1.82, 2.24) is 0 Å². The van der Waals surface area contributed by atoms with Crippen LogP contribution in [-0.2, 0) is 5.41 Å². The Morgan fingerprint density at radius 2 is 0.854 bits per heavy atom. The summed E-state index contributed by atoms with van der Waals surface area (Å²) < 4.78 is 91.0. The number of phenols is 2. The Morgan fingerprint density at radius 3 is 1.17 bits per heavy atom. The Morgan fingerprint density at radius 1 is 0.512 bits per heavy atom. The molecule has 4 rings (SSSR count). The van der Waals surface area contributed by atoms with Gasteiger partial charge in [0.2, 0.25) is 5.41 Å². The van der Waals surface area contributed by atoms with Gasteiger partial charge in [-0.3, -0.25) is 0 Å². The van der Waals surface area contributed by atoms with E-state index in [0.29, 0.717) is 35.4 Å². The highest BCUT2D eigenvalue weighted by Gasteiger charge is 2.74. The number of anilines is 2. The number of hydrogen-bond donors (Lipinski definition) is 4. The van der Waals surface area contributed by atoms with Gasteiger partial charge in [-0.1, -0.05) is 60.1 Å². The third-order valence-corrected chi connectivity index (χ3v) is 6.22. The van der Waals surface area contributed by atoms with Crippen LogP contribution in [0.4, 0.5) is 37.7 Å². The number of rotatable bonds is 2.